The van der Waals surface area contributed by atoms with E-state index in [-0.39, 0.29) is 16.0 Å². The SMILES string of the molecule is COc1cccc2c1C(OC)(OC)N(S(=O)(=O)c1ccccc1)C2=O. The number of sulfonamides is 1. The second-order valence-electron chi connectivity index (χ2n) is 5.26. The van der Waals surface area contributed by atoms with Gasteiger partial charge in [-0.3, -0.25) is 4.79 Å². The fraction of sp³-hybridized carbons (Fsp3) is 0.235. The molecule has 2 aromatic carbocycles. The first-order chi connectivity index (χ1) is 11.9. The van der Waals surface area contributed by atoms with Gasteiger partial charge in [-0.25, -0.2) is 8.42 Å². The molecule has 0 atom stereocenters. The Morgan fingerprint density at radius 1 is 0.920 bits per heavy atom. The van der Waals surface area contributed by atoms with Gasteiger partial charge in [-0.2, -0.15) is 4.31 Å². The van der Waals surface area contributed by atoms with Crippen LogP contribution in [0.5, 0.6) is 5.75 Å². The molecular weight excluding hydrogens is 346 g/mol. The molecule has 0 radical (unpaired) electrons. The van der Waals surface area contributed by atoms with Gasteiger partial charge in [0.1, 0.15) is 5.75 Å². The monoisotopic (exact) mass is 363 g/mol. The van der Waals surface area contributed by atoms with Crippen molar-refractivity contribution in [1.82, 2.24) is 4.31 Å². The summed E-state index contributed by atoms with van der Waals surface area (Å²) in [6.45, 7) is 0. The van der Waals surface area contributed by atoms with Gasteiger partial charge in [0.05, 0.1) is 23.1 Å². The summed E-state index contributed by atoms with van der Waals surface area (Å²) in [7, 11) is -0.274. The summed E-state index contributed by atoms with van der Waals surface area (Å²) in [6, 6.07) is 12.3. The molecular formula is C17H17NO6S. The quantitative estimate of drug-likeness (QED) is 0.755. The topological polar surface area (TPSA) is 82.1 Å². The lowest BCUT2D eigenvalue weighted by molar-refractivity contribution is -0.261. The first-order valence-electron chi connectivity index (χ1n) is 7.36. The van der Waals surface area contributed by atoms with E-state index in [0.717, 1.165) is 0 Å². The highest BCUT2D eigenvalue weighted by molar-refractivity contribution is 7.89. The molecule has 0 fully saturated rings. The van der Waals surface area contributed by atoms with Crippen LogP contribution in [-0.4, -0.2) is 40.0 Å². The number of hydrogen-bond donors (Lipinski definition) is 0. The van der Waals surface area contributed by atoms with Crippen LogP contribution in [0.4, 0.5) is 0 Å². The lowest BCUT2D eigenvalue weighted by atomic mass is 10.1. The number of fused-ring (bicyclic) bond motifs is 1. The highest BCUT2D eigenvalue weighted by atomic mass is 32.2. The van der Waals surface area contributed by atoms with Gasteiger partial charge in [-0.15, -0.1) is 0 Å². The van der Waals surface area contributed by atoms with Crippen molar-refractivity contribution in [3.05, 3.63) is 59.7 Å². The summed E-state index contributed by atoms with van der Waals surface area (Å²) in [5, 5.41) is 0. The molecule has 2 aromatic rings. The molecule has 0 aromatic heterocycles. The van der Waals surface area contributed by atoms with E-state index in [1.807, 2.05) is 0 Å². The van der Waals surface area contributed by atoms with E-state index in [1.54, 1.807) is 30.3 Å². The van der Waals surface area contributed by atoms with E-state index >= 15 is 0 Å². The zero-order valence-corrected chi connectivity index (χ0v) is 14.7. The van der Waals surface area contributed by atoms with Crippen molar-refractivity contribution >= 4 is 15.9 Å². The smallest absolute Gasteiger partial charge is 0.300 e. The molecule has 0 N–H and O–H groups in total. The summed E-state index contributed by atoms with van der Waals surface area (Å²) < 4.78 is 43.1. The van der Waals surface area contributed by atoms with Crippen LogP contribution >= 0.6 is 0 Å². The van der Waals surface area contributed by atoms with Crippen LogP contribution in [0.1, 0.15) is 15.9 Å². The zero-order chi connectivity index (χ0) is 18.2. The molecule has 1 aliphatic rings. The predicted molar refractivity (Wildman–Crippen MR) is 88.5 cm³/mol. The number of ether oxygens (including phenoxy) is 3. The van der Waals surface area contributed by atoms with E-state index in [0.29, 0.717) is 10.1 Å². The Labute approximate surface area is 145 Å². The molecule has 0 saturated heterocycles. The van der Waals surface area contributed by atoms with Gasteiger partial charge in [0.25, 0.3) is 21.8 Å². The molecule has 0 spiro atoms. The average Bonchev–Trinajstić information content (AvgIpc) is 2.92. The van der Waals surface area contributed by atoms with Crippen LogP contribution in [0, 0.1) is 0 Å². The maximum atomic E-state index is 13.2. The van der Waals surface area contributed by atoms with Gasteiger partial charge >= 0.3 is 0 Å². The van der Waals surface area contributed by atoms with Crippen LogP contribution in [0.2, 0.25) is 0 Å². The van der Waals surface area contributed by atoms with Gasteiger partial charge in [0.15, 0.2) is 0 Å². The van der Waals surface area contributed by atoms with E-state index in [1.165, 1.54) is 39.5 Å². The van der Waals surface area contributed by atoms with Crippen molar-refractivity contribution < 1.29 is 27.4 Å². The largest absolute Gasteiger partial charge is 0.496 e. The average molecular weight is 363 g/mol. The summed E-state index contributed by atoms with van der Waals surface area (Å²) in [4.78, 5) is 12.9. The molecule has 1 amide bonds. The molecule has 3 rings (SSSR count). The molecule has 25 heavy (non-hydrogen) atoms. The second-order valence-corrected chi connectivity index (χ2v) is 7.05. The summed E-state index contributed by atoms with van der Waals surface area (Å²) in [6.07, 6.45) is 0. The van der Waals surface area contributed by atoms with Crippen molar-refractivity contribution in [3.63, 3.8) is 0 Å². The van der Waals surface area contributed by atoms with Crippen molar-refractivity contribution in [3.8, 4) is 5.75 Å². The molecule has 0 bridgehead atoms. The molecule has 0 aliphatic carbocycles. The number of amides is 1. The first-order valence-corrected chi connectivity index (χ1v) is 8.80. The lowest BCUT2D eigenvalue weighted by Gasteiger charge is -2.35. The minimum atomic E-state index is -4.23. The number of nitrogens with zero attached hydrogens (tertiary/aromatic N) is 1. The predicted octanol–water partition coefficient (Wildman–Crippen LogP) is 1.94. The second kappa shape index (κ2) is 6.14. The molecule has 8 heteroatoms. The molecule has 0 saturated carbocycles. The van der Waals surface area contributed by atoms with Crippen molar-refractivity contribution in [2.24, 2.45) is 0 Å². The maximum absolute atomic E-state index is 13.2. The number of methoxy groups -OCH3 is 3. The number of carbonyl (C=O) groups is 1. The van der Waals surface area contributed by atoms with Crippen LogP contribution in [0.15, 0.2) is 53.4 Å². The van der Waals surface area contributed by atoms with Crippen LogP contribution in [-0.2, 0) is 25.4 Å². The van der Waals surface area contributed by atoms with Gasteiger partial charge in [-0.1, -0.05) is 24.3 Å². The summed E-state index contributed by atoms with van der Waals surface area (Å²) >= 11 is 0. The third-order valence-corrected chi connectivity index (χ3v) is 5.83. The van der Waals surface area contributed by atoms with E-state index in [9.17, 15) is 13.2 Å². The maximum Gasteiger partial charge on any atom is 0.300 e. The first kappa shape index (κ1) is 17.4. The Hall–Kier alpha value is -2.42. The molecule has 132 valence electrons. The fourth-order valence-electron chi connectivity index (χ4n) is 2.97. The van der Waals surface area contributed by atoms with E-state index < -0.39 is 21.8 Å². The number of rotatable bonds is 5. The Kier molecular flexibility index (Phi) is 4.28. The van der Waals surface area contributed by atoms with Crippen molar-refractivity contribution in [2.45, 2.75) is 10.8 Å². The Balaban J connectivity index is 2.30. The number of carbonyl (C=O) groups excluding carboxylic acids is 1. The zero-order valence-electron chi connectivity index (χ0n) is 13.9. The van der Waals surface area contributed by atoms with Crippen molar-refractivity contribution in [2.75, 3.05) is 21.3 Å². The standard InChI is InChI=1S/C17H17NO6S/c1-22-14-11-7-10-13-15(14)17(23-2,24-3)18(16(13)19)25(20,21)12-8-5-4-6-9-12/h4-11H,1-3H3. The summed E-state index contributed by atoms with van der Waals surface area (Å²) in [5.41, 5.74) is 0.356. The molecule has 0 unspecified atom stereocenters. The van der Waals surface area contributed by atoms with Gasteiger partial charge in [0.2, 0.25) is 0 Å². The minimum absolute atomic E-state index is 0.0476. The molecule has 7 nitrogen and oxygen atoms in total. The Bertz CT molecular complexity index is 906. The van der Waals surface area contributed by atoms with Crippen LogP contribution in [0.25, 0.3) is 0 Å². The van der Waals surface area contributed by atoms with Gasteiger partial charge in [-0.05, 0) is 24.3 Å². The van der Waals surface area contributed by atoms with Crippen LogP contribution < -0.4 is 4.74 Å². The third-order valence-electron chi connectivity index (χ3n) is 4.08. The lowest BCUT2D eigenvalue weighted by Crippen LogP contribution is -2.50. The van der Waals surface area contributed by atoms with Gasteiger partial charge < -0.3 is 14.2 Å². The number of benzene rings is 2. The van der Waals surface area contributed by atoms with E-state index in [4.69, 9.17) is 14.2 Å². The van der Waals surface area contributed by atoms with Gasteiger partial charge in [0, 0.05) is 14.2 Å². The molecule has 1 aliphatic heterocycles. The minimum Gasteiger partial charge on any atom is -0.496 e. The number of hydrogen-bond acceptors (Lipinski definition) is 6. The third kappa shape index (κ3) is 2.33. The fourth-order valence-corrected chi connectivity index (χ4v) is 4.55. The van der Waals surface area contributed by atoms with Crippen molar-refractivity contribution in [1.29, 1.82) is 0 Å². The van der Waals surface area contributed by atoms with E-state index in [2.05, 4.69) is 0 Å². The Morgan fingerprint density at radius 2 is 1.56 bits per heavy atom. The summed E-state index contributed by atoms with van der Waals surface area (Å²) in [5.74, 6) is -2.41. The Morgan fingerprint density at radius 3 is 2.12 bits per heavy atom. The normalized spacial score (nSPS) is 16.0. The molecule has 1 heterocycles. The van der Waals surface area contributed by atoms with Crippen LogP contribution in [0.3, 0.4) is 0 Å². The highest BCUT2D eigenvalue weighted by Gasteiger charge is 2.59. The highest BCUT2D eigenvalue weighted by Crippen LogP contribution is 2.47.